The molecule has 0 atom stereocenters. The summed E-state index contributed by atoms with van der Waals surface area (Å²) >= 11 is 0. The number of hydrogen-bond donors (Lipinski definition) is 1. The fourth-order valence-electron chi connectivity index (χ4n) is 2.59. The molecule has 0 aromatic heterocycles. The van der Waals surface area contributed by atoms with Gasteiger partial charge in [-0.2, -0.15) is 0 Å². The molecule has 106 valence electrons. The van der Waals surface area contributed by atoms with Crippen LogP contribution < -0.4 is 4.90 Å². The van der Waals surface area contributed by atoms with Gasteiger partial charge in [-0.25, -0.2) is 4.79 Å². The molecule has 0 bridgehead atoms. The van der Waals surface area contributed by atoms with Gasteiger partial charge in [-0.1, -0.05) is 24.3 Å². The molecule has 2 aromatic carbocycles. The molecule has 0 saturated heterocycles. The number of anilines is 1. The molecule has 1 aliphatic heterocycles. The van der Waals surface area contributed by atoms with Crippen LogP contribution in [0.3, 0.4) is 0 Å². The van der Waals surface area contributed by atoms with Gasteiger partial charge in [0.05, 0.1) is 16.2 Å². The molecule has 6 nitrogen and oxygen atoms in total. The van der Waals surface area contributed by atoms with E-state index in [-0.39, 0.29) is 11.3 Å². The van der Waals surface area contributed by atoms with Crippen molar-refractivity contribution in [1.29, 1.82) is 0 Å². The number of fused-ring (bicyclic) bond motifs is 1. The Balaban J connectivity index is 2.00. The Morgan fingerprint density at radius 1 is 1.14 bits per heavy atom. The van der Waals surface area contributed by atoms with Gasteiger partial charge >= 0.3 is 5.97 Å². The molecular weight excluding hydrogens is 272 g/mol. The molecule has 0 aliphatic carbocycles. The molecule has 0 unspecified atom stereocenters. The smallest absolute Gasteiger partial charge is 0.338 e. The number of nitrogens with zero attached hydrogens (tertiary/aromatic N) is 2. The monoisotopic (exact) mass is 284 g/mol. The second-order valence-corrected chi connectivity index (χ2v) is 4.89. The van der Waals surface area contributed by atoms with E-state index in [1.807, 2.05) is 29.2 Å². The highest BCUT2D eigenvalue weighted by atomic mass is 16.6. The zero-order chi connectivity index (χ0) is 15.0. The number of nitro benzene ring substituents is 1. The summed E-state index contributed by atoms with van der Waals surface area (Å²) in [7, 11) is 0. The van der Waals surface area contributed by atoms with E-state index in [4.69, 9.17) is 0 Å². The van der Waals surface area contributed by atoms with Gasteiger partial charge < -0.3 is 10.0 Å². The third-order valence-corrected chi connectivity index (χ3v) is 3.60. The number of rotatable bonds is 3. The lowest BCUT2D eigenvalue weighted by Crippen LogP contribution is -2.18. The van der Waals surface area contributed by atoms with Crippen molar-refractivity contribution in [3.05, 3.63) is 69.3 Å². The van der Waals surface area contributed by atoms with Crippen molar-refractivity contribution in [1.82, 2.24) is 0 Å². The number of non-ortho nitro benzene ring substituents is 1. The molecule has 0 amide bonds. The molecule has 0 spiro atoms. The largest absolute Gasteiger partial charge is 0.478 e. The Morgan fingerprint density at radius 3 is 2.29 bits per heavy atom. The minimum absolute atomic E-state index is 0.0444. The van der Waals surface area contributed by atoms with Gasteiger partial charge in [0.2, 0.25) is 0 Å². The first-order valence-corrected chi connectivity index (χ1v) is 6.40. The summed E-state index contributed by atoms with van der Waals surface area (Å²) < 4.78 is 0. The maximum atomic E-state index is 11.4. The number of nitro groups is 1. The van der Waals surface area contributed by atoms with E-state index >= 15 is 0 Å². The average molecular weight is 284 g/mol. The Kier molecular flexibility index (Phi) is 3.06. The fourth-order valence-corrected chi connectivity index (χ4v) is 2.59. The van der Waals surface area contributed by atoms with Gasteiger partial charge in [-0.3, -0.25) is 10.1 Å². The van der Waals surface area contributed by atoms with Crippen LogP contribution in [-0.2, 0) is 13.1 Å². The van der Waals surface area contributed by atoms with Gasteiger partial charge in [0.15, 0.2) is 0 Å². The van der Waals surface area contributed by atoms with Gasteiger partial charge in [0.25, 0.3) is 5.69 Å². The summed E-state index contributed by atoms with van der Waals surface area (Å²) in [6.07, 6.45) is 0. The summed E-state index contributed by atoms with van der Waals surface area (Å²) in [6, 6.07) is 11.8. The number of carbonyl (C=O) groups is 1. The van der Waals surface area contributed by atoms with Crippen LogP contribution in [0, 0.1) is 10.1 Å². The van der Waals surface area contributed by atoms with Crippen molar-refractivity contribution in [3.8, 4) is 0 Å². The van der Waals surface area contributed by atoms with Crippen molar-refractivity contribution in [2.45, 2.75) is 13.1 Å². The number of hydrogen-bond acceptors (Lipinski definition) is 4. The Hall–Kier alpha value is -2.89. The number of benzene rings is 2. The molecule has 0 saturated carbocycles. The van der Waals surface area contributed by atoms with E-state index in [1.54, 1.807) is 0 Å². The Labute approximate surface area is 120 Å². The lowest BCUT2D eigenvalue weighted by atomic mass is 10.1. The average Bonchev–Trinajstić information content (AvgIpc) is 2.90. The second kappa shape index (κ2) is 4.90. The molecule has 1 heterocycles. The number of carboxylic acid groups (broad SMARTS) is 1. The second-order valence-electron chi connectivity index (χ2n) is 4.89. The molecule has 1 aliphatic rings. The van der Waals surface area contributed by atoms with E-state index in [1.165, 1.54) is 12.1 Å². The standard InChI is InChI=1S/C15H12N2O4/c18-15(19)13-7-12(17(20)21)5-6-14(13)16-8-10-3-1-2-4-11(10)9-16/h1-7H,8-9H2,(H,18,19). The van der Waals surface area contributed by atoms with Crippen molar-refractivity contribution in [3.63, 3.8) is 0 Å². The first-order chi connectivity index (χ1) is 10.1. The minimum Gasteiger partial charge on any atom is -0.478 e. The van der Waals surface area contributed by atoms with Gasteiger partial charge in [-0.15, -0.1) is 0 Å². The van der Waals surface area contributed by atoms with E-state index in [2.05, 4.69) is 0 Å². The topological polar surface area (TPSA) is 83.7 Å². The highest BCUT2D eigenvalue weighted by Crippen LogP contribution is 2.32. The van der Waals surface area contributed by atoms with Crippen molar-refractivity contribution < 1.29 is 14.8 Å². The summed E-state index contributed by atoms with van der Waals surface area (Å²) in [5.74, 6) is -1.16. The van der Waals surface area contributed by atoms with E-state index in [0.717, 1.165) is 17.2 Å². The third kappa shape index (κ3) is 2.31. The first kappa shape index (κ1) is 13.1. The highest BCUT2D eigenvalue weighted by molar-refractivity contribution is 5.95. The van der Waals surface area contributed by atoms with Crippen LogP contribution in [0.4, 0.5) is 11.4 Å². The van der Waals surface area contributed by atoms with E-state index in [0.29, 0.717) is 18.8 Å². The molecule has 6 heteroatoms. The SMILES string of the molecule is O=C(O)c1cc([N+](=O)[O-])ccc1N1Cc2ccccc2C1. The molecular formula is C15H12N2O4. The third-order valence-electron chi connectivity index (χ3n) is 3.60. The first-order valence-electron chi connectivity index (χ1n) is 6.40. The maximum Gasteiger partial charge on any atom is 0.338 e. The molecule has 0 radical (unpaired) electrons. The predicted octanol–water partition coefficient (Wildman–Crippen LogP) is 2.81. The van der Waals surface area contributed by atoms with Crippen LogP contribution in [0.5, 0.6) is 0 Å². The van der Waals surface area contributed by atoms with Crippen LogP contribution >= 0.6 is 0 Å². The van der Waals surface area contributed by atoms with Crippen LogP contribution in [0.2, 0.25) is 0 Å². The maximum absolute atomic E-state index is 11.4. The molecule has 3 rings (SSSR count). The van der Waals surface area contributed by atoms with Crippen molar-refractivity contribution >= 4 is 17.3 Å². The summed E-state index contributed by atoms with van der Waals surface area (Å²) in [5.41, 5.74) is 2.54. The molecule has 0 fully saturated rings. The molecule has 2 aromatic rings. The van der Waals surface area contributed by atoms with Crippen molar-refractivity contribution in [2.24, 2.45) is 0 Å². The zero-order valence-corrected chi connectivity index (χ0v) is 11.0. The van der Waals surface area contributed by atoms with Crippen LogP contribution in [0.25, 0.3) is 0 Å². The van der Waals surface area contributed by atoms with E-state index < -0.39 is 10.9 Å². The predicted molar refractivity (Wildman–Crippen MR) is 76.4 cm³/mol. The molecule has 21 heavy (non-hydrogen) atoms. The number of aromatic carboxylic acids is 1. The van der Waals surface area contributed by atoms with Gasteiger partial charge in [0.1, 0.15) is 0 Å². The lowest BCUT2D eigenvalue weighted by molar-refractivity contribution is -0.384. The lowest BCUT2D eigenvalue weighted by Gasteiger charge is -2.19. The Morgan fingerprint density at radius 2 is 1.76 bits per heavy atom. The molecule has 1 N–H and O–H groups in total. The van der Waals surface area contributed by atoms with E-state index in [9.17, 15) is 20.0 Å². The normalized spacial score (nSPS) is 13.0. The summed E-state index contributed by atoms with van der Waals surface area (Å²) in [4.78, 5) is 23.5. The number of carboxylic acids is 1. The Bertz CT molecular complexity index is 717. The van der Waals surface area contributed by atoms with Crippen LogP contribution in [-0.4, -0.2) is 16.0 Å². The van der Waals surface area contributed by atoms with Crippen LogP contribution in [0.1, 0.15) is 21.5 Å². The van der Waals surface area contributed by atoms with Gasteiger partial charge in [-0.05, 0) is 17.2 Å². The fraction of sp³-hybridized carbons (Fsp3) is 0.133. The zero-order valence-electron chi connectivity index (χ0n) is 11.0. The summed E-state index contributed by atoms with van der Waals surface area (Å²) in [6.45, 7) is 1.21. The summed E-state index contributed by atoms with van der Waals surface area (Å²) in [5, 5.41) is 20.1. The van der Waals surface area contributed by atoms with Crippen molar-refractivity contribution in [2.75, 3.05) is 4.90 Å². The quantitative estimate of drug-likeness (QED) is 0.692. The van der Waals surface area contributed by atoms with Crippen LogP contribution in [0.15, 0.2) is 42.5 Å². The minimum atomic E-state index is -1.16. The van der Waals surface area contributed by atoms with Gasteiger partial charge in [0, 0.05) is 25.2 Å². The highest BCUT2D eigenvalue weighted by Gasteiger charge is 2.24.